The highest BCUT2D eigenvalue weighted by molar-refractivity contribution is 6.18. The number of imidazole rings is 1. The summed E-state index contributed by atoms with van der Waals surface area (Å²) in [6.07, 6.45) is 3.73. The topological polar surface area (TPSA) is 82.4 Å². The average Bonchev–Trinajstić information content (AvgIpc) is 3.15. The van der Waals surface area contributed by atoms with Crippen LogP contribution in [-0.2, 0) is 24.8 Å². The number of hydrogen-bond acceptors (Lipinski definition) is 5. The van der Waals surface area contributed by atoms with Gasteiger partial charge >= 0.3 is 0 Å². The van der Waals surface area contributed by atoms with Crippen molar-refractivity contribution in [3.63, 3.8) is 0 Å². The summed E-state index contributed by atoms with van der Waals surface area (Å²) in [6.45, 7) is 3.03. The summed E-state index contributed by atoms with van der Waals surface area (Å²) in [5.74, 6) is 1.57. The Balaban J connectivity index is 1.56. The van der Waals surface area contributed by atoms with Gasteiger partial charge in [-0.1, -0.05) is 24.3 Å². The summed E-state index contributed by atoms with van der Waals surface area (Å²) in [4.78, 5) is 18.1. The third kappa shape index (κ3) is 6.95. The van der Waals surface area contributed by atoms with Gasteiger partial charge in [0.05, 0.1) is 11.0 Å². The van der Waals surface area contributed by atoms with Gasteiger partial charge in [-0.05, 0) is 35.4 Å². The Morgan fingerprint density at radius 1 is 1.15 bits per heavy atom. The quantitative estimate of drug-likeness (QED) is 0.119. The van der Waals surface area contributed by atoms with Crippen molar-refractivity contribution in [1.29, 1.82) is 0 Å². The molecule has 0 spiro atoms. The van der Waals surface area contributed by atoms with E-state index in [0.717, 1.165) is 66.3 Å². The number of hydroxylamine groups is 1. The molecule has 3 aromatic rings. The molecular weight excluding hydrogens is 461 g/mol. The first-order valence-corrected chi connectivity index (χ1v) is 11.9. The summed E-state index contributed by atoms with van der Waals surface area (Å²) in [5.41, 5.74) is 6.76. The molecule has 176 valence electrons. The number of benzene rings is 2. The Morgan fingerprint density at radius 3 is 2.55 bits per heavy atom. The summed E-state index contributed by atoms with van der Waals surface area (Å²) in [7, 11) is 2.04. The van der Waals surface area contributed by atoms with E-state index in [1.54, 1.807) is 11.6 Å². The largest absolute Gasteiger partial charge is 0.369 e. The maximum absolute atomic E-state index is 11.0. The Labute approximate surface area is 204 Å². The maximum atomic E-state index is 11.0. The van der Waals surface area contributed by atoms with Crippen LogP contribution in [0.4, 0.5) is 5.69 Å². The lowest BCUT2D eigenvalue weighted by Gasteiger charge is -2.22. The number of nitrogens with one attached hydrogen (secondary N) is 2. The number of alkyl halides is 2. The fraction of sp³-hybridized carbons (Fsp3) is 0.333. The summed E-state index contributed by atoms with van der Waals surface area (Å²) >= 11 is 11.9. The number of halogens is 2. The number of rotatable bonds is 12. The highest BCUT2D eigenvalue weighted by atomic mass is 35.5. The van der Waals surface area contributed by atoms with Crippen LogP contribution in [0.15, 0.2) is 48.5 Å². The summed E-state index contributed by atoms with van der Waals surface area (Å²) < 4.78 is 2.14. The molecule has 1 heterocycles. The first kappa shape index (κ1) is 25.1. The van der Waals surface area contributed by atoms with E-state index < -0.39 is 5.91 Å². The van der Waals surface area contributed by atoms with Gasteiger partial charge in [-0.3, -0.25) is 10.0 Å². The predicted octanol–water partition coefficient (Wildman–Crippen LogP) is 3.71. The SMILES string of the molecule is Cn1c(CCNCc2ccc(C=CC(=O)NO)cc2)nc2cc(N(CCCl)CCCl)ccc21. The molecular formula is C24H29Cl2N5O2. The number of carbonyl (C=O) groups is 1. The van der Waals surface area contributed by atoms with Crippen molar-refractivity contribution in [3.05, 3.63) is 65.5 Å². The predicted molar refractivity (Wildman–Crippen MR) is 135 cm³/mol. The van der Waals surface area contributed by atoms with Gasteiger partial charge in [0.2, 0.25) is 0 Å². The fourth-order valence-corrected chi connectivity index (χ4v) is 4.03. The van der Waals surface area contributed by atoms with Crippen LogP contribution in [0.5, 0.6) is 0 Å². The van der Waals surface area contributed by atoms with Gasteiger partial charge in [0.15, 0.2) is 0 Å². The Kier molecular flexibility index (Phi) is 9.57. The molecule has 0 aliphatic carbocycles. The number of fused-ring (bicyclic) bond motifs is 1. The van der Waals surface area contributed by atoms with E-state index in [1.165, 1.54) is 6.08 Å². The lowest BCUT2D eigenvalue weighted by atomic mass is 10.1. The van der Waals surface area contributed by atoms with Gasteiger partial charge in [-0.2, -0.15) is 0 Å². The van der Waals surface area contributed by atoms with Gasteiger partial charge in [0, 0.05) is 63.2 Å². The van der Waals surface area contributed by atoms with Crippen LogP contribution in [0.25, 0.3) is 17.1 Å². The lowest BCUT2D eigenvalue weighted by molar-refractivity contribution is -0.124. The number of nitrogens with zero attached hydrogens (tertiary/aromatic N) is 3. The Morgan fingerprint density at radius 2 is 1.88 bits per heavy atom. The second kappa shape index (κ2) is 12.6. The van der Waals surface area contributed by atoms with Gasteiger partial charge in [-0.15, -0.1) is 23.2 Å². The smallest absolute Gasteiger partial charge is 0.267 e. The molecule has 7 nitrogen and oxygen atoms in total. The van der Waals surface area contributed by atoms with Crippen LogP contribution in [0.1, 0.15) is 17.0 Å². The van der Waals surface area contributed by atoms with E-state index in [0.29, 0.717) is 11.8 Å². The molecule has 0 bridgehead atoms. The number of carbonyl (C=O) groups excluding carboxylic acids is 1. The van der Waals surface area contributed by atoms with Gasteiger partial charge in [0.1, 0.15) is 5.82 Å². The van der Waals surface area contributed by atoms with Crippen molar-refractivity contribution in [2.24, 2.45) is 7.05 Å². The Bertz CT molecular complexity index is 1080. The molecule has 0 saturated carbocycles. The van der Waals surface area contributed by atoms with Crippen LogP contribution in [0.3, 0.4) is 0 Å². The number of aromatic nitrogens is 2. The van der Waals surface area contributed by atoms with Crippen molar-refractivity contribution >= 4 is 51.9 Å². The molecule has 0 aliphatic rings. The molecule has 9 heteroatoms. The van der Waals surface area contributed by atoms with Crippen molar-refractivity contribution in [3.8, 4) is 0 Å². The summed E-state index contributed by atoms with van der Waals surface area (Å²) in [6, 6.07) is 14.2. The van der Waals surface area contributed by atoms with E-state index >= 15 is 0 Å². The average molecular weight is 490 g/mol. The molecule has 0 fully saturated rings. The van der Waals surface area contributed by atoms with Crippen LogP contribution >= 0.6 is 23.2 Å². The molecule has 3 N–H and O–H groups in total. The molecule has 1 amide bonds. The fourth-order valence-electron chi connectivity index (χ4n) is 3.62. The normalized spacial score (nSPS) is 11.4. The number of amides is 1. The van der Waals surface area contributed by atoms with Gasteiger partial charge < -0.3 is 14.8 Å². The molecule has 1 aromatic heterocycles. The zero-order valence-electron chi connectivity index (χ0n) is 18.6. The minimum atomic E-state index is -0.554. The maximum Gasteiger partial charge on any atom is 0.267 e. The first-order chi connectivity index (χ1) is 16.0. The van der Waals surface area contributed by atoms with Gasteiger partial charge in [-0.25, -0.2) is 10.5 Å². The van der Waals surface area contributed by atoms with Crippen LogP contribution in [0.2, 0.25) is 0 Å². The molecule has 0 saturated heterocycles. The first-order valence-electron chi connectivity index (χ1n) is 10.8. The van der Waals surface area contributed by atoms with E-state index in [-0.39, 0.29) is 0 Å². The number of aryl methyl sites for hydroxylation is 1. The minimum Gasteiger partial charge on any atom is -0.369 e. The highest BCUT2D eigenvalue weighted by Gasteiger charge is 2.11. The van der Waals surface area contributed by atoms with E-state index in [4.69, 9.17) is 33.4 Å². The molecule has 2 aromatic carbocycles. The molecule has 3 rings (SSSR count). The van der Waals surface area contributed by atoms with Crippen LogP contribution in [-0.4, -0.2) is 52.1 Å². The standard InChI is InChI=1S/C24H29Cl2N5O2/c1-30-22-8-7-20(31(14-11-25)15-12-26)16-21(22)28-23(30)10-13-27-17-19-4-2-18(3-5-19)6-9-24(32)29-33/h2-9,16,27,33H,10-15,17H2,1H3,(H,29,32). The molecule has 0 aliphatic heterocycles. The third-order valence-corrected chi connectivity index (χ3v) is 5.74. The van der Waals surface area contributed by atoms with Crippen molar-refractivity contribution < 1.29 is 10.0 Å². The Hall–Kier alpha value is -2.58. The van der Waals surface area contributed by atoms with Crippen LogP contribution < -0.4 is 15.7 Å². The monoisotopic (exact) mass is 489 g/mol. The van der Waals surface area contributed by atoms with Crippen molar-refractivity contribution in [2.45, 2.75) is 13.0 Å². The van der Waals surface area contributed by atoms with Gasteiger partial charge in [0.25, 0.3) is 5.91 Å². The zero-order chi connectivity index (χ0) is 23.6. The second-order valence-corrected chi connectivity index (χ2v) is 8.36. The second-order valence-electron chi connectivity index (χ2n) is 7.60. The number of hydrogen-bond donors (Lipinski definition) is 3. The molecule has 0 unspecified atom stereocenters. The van der Waals surface area contributed by atoms with Crippen molar-refractivity contribution in [2.75, 3.05) is 36.3 Å². The summed E-state index contributed by atoms with van der Waals surface area (Å²) in [5, 5.41) is 12.0. The molecule has 0 radical (unpaired) electrons. The molecule has 0 atom stereocenters. The van der Waals surface area contributed by atoms with E-state index in [1.807, 2.05) is 31.3 Å². The van der Waals surface area contributed by atoms with Crippen LogP contribution in [0, 0.1) is 0 Å². The zero-order valence-corrected chi connectivity index (χ0v) is 20.1. The lowest BCUT2D eigenvalue weighted by Crippen LogP contribution is -2.27. The highest BCUT2D eigenvalue weighted by Crippen LogP contribution is 2.23. The van der Waals surface area contributed by atoms with E-state index in [2.05, 4.69) is 33.0 Å². The third-order valence-electron chi connectivity index (χ3n) is 5.40. The van der Waals surface area contributed by atoms with E-state index in [9.17, 15) is 4.79 Å². The minimum absolute atomic E-state index is 0.550. The molecule has 33 heavy (non-hydrogen) atoms. The van der Waals surface area contributed by atoms with Crippen molar-refractivity contribution in [1.82, 2.24) is 20.3 Å². The number of anilines is 1.